The molecule has 35 heavy (non-hydrogen) atoms. The van der Waals surface area contributed by atoms with Crippen molar-refractivity contribution in [2.45, 2.75) is 50.5 Å². The zero-order chi connectivity index (χ0) is 24.6. The van der Waals surface area contributed by atoms with E-state index in [1.165, 1.54) is 11.1 Å². The maximum Gasteiger partial charge on any atom is 0.407 e. The van der Waals surface area contributed by atoms with E-state index in [0.717, 1.165) is 24.0 Å². The summed E-state index contributed by atoms with van der Waals surface area (Å²) in [7, 11) is 0. The van der Waals surface area contributed by atoms with Crippen LogP contribution >= 0.6 is 0 Å². The number of benzene rings is 2. The molecule has 7 heteroatoms. The number of carbonyl (C=O) groups excluding carboxylic acids is 2. The minimum Gasteiger partial charge on any atom is -0.481 e. The molecule has 0 aliphatic heterocycles. The number of hydrogen-bond donors (Lipinski definition) is 3. The summed E-state index contributed by atoms with van der Waals surface area (Å²) in [4.78, 5) is 37.0. The van der Waals surface area contributed by atoms with E-state index < -0.39 is 17.6 Å². The largest absolute Gasteiger partial charge is 0.481 e. The van der Waals surface area contributed by atoms with E-state index in [0.29, 0.717) is 25.8 Å². The minimum absolute atomic E-state index is 0.00129. The van der Waals surface area contributed by atoms with Crippen molar-refractivity contribution in [3.8, 4) is 11.1 Å². The van der Waals surface area contributed by atoms with Gasteiger partial charge in [-0.2, -0.15) is 0 Å². The summed E-state index contributed by atoms with van der Waals surface area (Å²) in [6.07, 6.45) is 3.31. The SMILES string of the molecule is CC1(NC(=O)OCC2c3ccccc3-c3ccccc32)CCCCC1C(=O)NC[C@H]1C[C@H]1C(=O)O. The maximum atomic E-state index is 13.0. The van der Waals surface area contributed by atoms with Crippen molar-refractivity contribution < 1.29 is 24.2 Å². The van der Waals surface area contributed by atoms with Gasteiger partial charge in [0, 0.05) is 12.5 Å². The lowest BCUT2D eigenvalue weighted by Crippen LogP contribution is -2.57. The van der Waals surface area contributed by atoms with Crippen LogP contribution in [0.25, 0.3) is 11.1 Å². The van der Waals surface area contributed by atoms with Crippen molar-refractivity contribution in [1.82, 2.24) is 10.6 Å². The number of nitrogens with one attached hydrogen (secondary N) is 2. The second kappa shape index (κ2) is 9.36. The summed E-state index contributed by atoms with van der Waals surface area (Å²) in [6, 6.07) is 16.4. The molecule has 0 radical (unpaired) electrons. The highest BCUT2D eigenvalue weighted by atomic mass is 16.5. The highest BCUT2D eigenvalue weighted by molar-refractivity contribution is 5.82. The molecular weight excluding hydrogens is 444 g/mol. The second-order valence-corrected chi connectivity index (χ2v) is 10.4. The van der Waals surface area contributed by atoms with Gasteiger partial charge in [0.2, 0.25) is 5.91 Å². The number of carboxylic acid groups (broad SMARTS) is 1. The van der Waals surface area contributed by atoms with Crippen molar-refractivity contribution in [3.05, 3.63) is 59.7 Å². The normalized spacial score (nSPS) is 26.8. The first-order chi connectivity index (χ1) is 16.9. The first-order valence-electron chi connectivity index (χ1n) is 12.5. The van der Waals surface area contributed by atoms with Crippen molar-refractivity contribution in [2.75, 3.05) is 13.2 Å². The summed E-state index contributed by atoms with van der Waals surface area (Å²) in [5.74, 6) is -1.68. The van der Waals surface area contributed by atoms with E-state index in [4.69, 9.17) is 9.84 Å². The van der Waals surface area contributed by atoms with Gasteiger partial charge in [0.1, 0.15) is 6.61 Å². The average molecular weight is 477 g/mol. The van der Waals surface area contributed by atoms with Crippen molar-refractivity contribution in [3.63, 3.8) is 0 Å². The smallest absolute Gasteiger partial charge is 0.407 e. The van der Waals surface area contributed by atoms with Gasteiger partial charge in [-0.1, -0.05) is 61.4 Å². The Morgan fingerprint density at radius 1 is 1.03 bits per heavy atom. The molecule has 0 saturated heterocycles. The van der Waals surface area contributed by atoms with Crippen LogP contribution in [-0.4, -0.2) is 41.8 Å². The summed E-state index contributed by atoms with van der Waals surface area (Å²) >= 11 is 0. The molecule has 0 bridgehead atoms. The van der Waals surface area contributed by atoms with Crippen LogP contribution in [0.3, 0.4) is 0 Å². The van der Waals surface area contributed by atoms with E-state index in [1.807, 2.05) is 31.2 Å². The number of alkyl carbamates (subject to hydrolysis) is 1. The van der Waals surface area contributed by atoms with Gasteiger partial charge in [-0.25, -0.2) is 4.79 Å². The summed E-state index contributed by atoms with van der Waals surface area (Å²) in [6.45, 7) is 2.51. The fourth-order valence-electron chi connectivity index (χ4n) is 5.90. The van der Waals surface area contributed by atoms with E-state index in [1.54, 1.807) is 0 Å². The molecule has 2 aromatic rings. The molecular formula is C28H32N2O5. The van der Waals surface area contributed by atoms with Crippen LogP contribution in [0.4, 0.5) is 4.79 Å². The Morgan fingerprint density at radius 3 is 2.31 bits per heavy atom. The average Bonchev–Trinajstić information content (AvgIpc) is 3.57. The number of ether oxygens (including phenoxy) is 1. The standard InChI is InChI=1S/C28H32N2O5/c1-28(13-7-6-12-24(28)25(31)29-15-17-14-22(17)26(32)33)30-27(34)35-16-23-20-10-4-2-8-18(20)19-9-3-5-11-21(19)23/h2-5,8-11,17,22-24H,6-7,12-16H2,1H3,(H,29,31)(H,30,34)(H,32,33)/t17-,22-,24?,28?/m1/s1. The summed E-state index contributed by atoms with van der Waals surface area (Å²) < 4.78 is 5.74. The monoisotopic (exact) mass is 476 g/mol. The Morgan fingerprint density at radius 2 is 1.69 bits per heavy atom. The molecule has 184 valence electrons. The van der Waals surface area contributed by atoms with E-state index >= 15 is 0 Å². The predicted octanol–water partition coefficient (Wildman–Crippen LogP) is 4.31. The maximum absolute atomic E-state index is 13.0. The van der Waals surface area contributed by atoms with Gasteiger partial charge in [0.15, 0.2) is 0 Å². The first kappa shape index (κ1) is 23.4. The molecule has 3 aliphatic rings. The third-order valence-corrected chi connectivity index (χ3v) is 8.03. The van der Waals surface area contributed by atoms with Gasteiger partial charge in [-0.15, -0.1) is 0 Å². The number of rotatable bonds is 7. The topological polar surface area (TPSA) is 105 Å². The van der Waals surface area contributed by atoms with Crippen molar-refractivity contribution in [1.29, 1.82) is 0 Å². The van der Waals surface area contributed by atoms with Crippen LogP contribution in [0.2, 0.25) is 0 Å². The van der Waals surface area contributed by atoms with Crippen LogP contribution in [-0.2, 0) is 14.3 Å². The lowest BCUT2D eigenvalue weighted by atomic mass is 9.73. The lowest BCUT2D eigenvalue weighted by Gasteiger charge is -2.40. The molecule has 2 fully saturated rings. The molecule has 2 amide bonds. The molecule has 7 nitrogen and oxygen atoms in total. The van der Waals surface area contributed by atoms with Crippen LogP contribution in [0, 0.1) is 17.8 Å². The van der Waals surface area contributed by atoms with Gasteiger partial charge in [0.05, 0.1) is 17.4 Å². The van der Waals surface area contributed by atoms with E-state index in [9.17, 15) is 14.4 Å². The Hall–Kier alpha value is -3.35. The Labute approximate surface area is 205 Å². The van der Waals surface area contributed by atoms with Gasteiger partial charge in [-0.05, 0) is 54.4 Å². The van der Waals surface area contributed by atoms with Gasteiger partial charge < -0.3 is 20.5 Å². The molecule has 3 N–H and O–H groups in total. The zero-order valence-corrected chi connectivity index (χ0v) is 20.0. The second-order valence-electron chi connectivity index (χ2n) is 10.4. The number of carbonyl (C=O) groups is 3. The number of fused-ring (bicyclic) bond motifs is 3. The molecule has 0 spiro atoms. The van der Waals surface area contributed by atoms with Crippen molar-refractivity contribution in [2.24, 2.45) is 17.8 Å². The Balaban J connectivity index is 1.21. The molecule has 0 aromatic heterocycles. The third-order valence-electron chi connectivity index (χ3n) is 8.03. The predicted molar refractivity (Wildman–Crippen MR) is 131 cm³/mol. The number of carboxylic acids is 1. The van der Waals surface area contributed by atoms with E-state index in [-0.39, 0.29) is 36.2 Å². The fourth-order valence-corrected chi connectivity index (χ4v) is 5.90. The Bertz CT molecular complexity index is 1100. The van der Waals surface area contributed by atoms with Crippen LogP contribution in [0.1, 0.15) is 56.1 Å². The Kier molecular flexibility index (Phi) is 6.26. The minimum atomic E-state index is -0.802. The molecule has 0 heterocycles. The fraction of sp³-hybridized carbons (Fsp3) is 0.464. The molecule has 2 unspecified atom stereocenters. The van der Waals surface area contributed by atoms with Crippen LogP contribution in [0.15, 0.2) is 48.5 Å². The third kappa shape index (κ3) is 4.64. The number of hydrogen-bond acceptors (Lipinski definition) is 4. The van der Waals surface area contributed by atoms with Gasteiger partial charge >= 0.3 is 12.1 Å². The lowest BCUT2D eigenvalue weighted by molar-refractivity contribution is -0.139. The van der Waals surface area contributed by atoms with Crippen LogP contribution < -0.4 is 10.6 Å². The molecule has 4 atom stereocenters. The molecule has 2 saturated carbocycles. The number of aliphatic carboxylic acids is 1. The van der Waals surface area contributed by atoms with Gasteiger partial charge in [0.25, 0.3) is 0 Å². The highest BCUT2D eigenvalue weighted by Gasteiger charge is 2.45. The molecule has 3 aliphatic carbocycles. The zero-order valence-electron chi connectivity index (χ0n) is 20.0. The van der Waals surface area contributed by atoms with E-state index in [2.05, 4.69) is 34.9 Å². The first-order valence-corrected chi connectivity index (χ1v) is 12.5. The van der Waals surface area contributed by atoms with Gasteiger partial charge in [-0.3, -0.25) is 9.59 Å². The molecule has 5 rings (SSSR count). The summed E-state index contributed by atoms with van der Waals surface area (Å²) in [5.41, 5.74) is 3.95. The van der Waals surface area contributed by atoms with Crippen LogP contribution in [0.5, 0.6) is 0 Å². The number of amides is 2. The molecule has 2 aromatic carbocycles. The summed E-state index contributed by atoms with van der Waals surface area (Å²) in [5, 5.41) is 15.0. The highest BCUT2D eigenvalue weighted by Crippen LogP contribution is 2.44. The quantitative estimate of drug-likeness (QED) is 0.552. The van der Waals surface area contributed by atoms with Crippen molar-refractivity contribution >= 4 is 18.0 Å².